The third-order valence-electron chi connectivity index (χ3n) is 4.73. The maximum atomic E-state index is 12.2. The summed E-state index contributed by atoms with van der Waals surface area (Å²) >= 11 is 0. The van der Waals surface area contributed by atoms with Gasteiger partial charge < -0.3 is 20.7 Å². The molecule has 140 valence electrons. The zero-order valence-corrected chi connectivity index (χ0v) is 15.0. The van der Waals surface area contributed by atoms with E-state index in [0.717, 1.165) is 19.3 Å². The van der Waals surface area contributed by atoms with E-state index in [-0.39, 0.29) is 42.7 Å². The summed E-state index contributed by atoms with van der Waals surface area (Å²) in [5.74, 6) is 0.676. The fourth-order valence-electron chi connectivity index (χ4n) is 3.32. The number of nitrogens with one attached hydrogen (secondary N) is 1. The van der Waals surface area contributed by atoms with Crippen LogP contribution in [0.25, 0.3) is 0 Å². The van der Waals surface area contributed by atoms with Crippen LogP contribution >= 0.6 is 12.4 Å². The molecule has 1 saturated carbocycles. The smallest absolute Gasteiger partial charge is 0.244 e. The number of anilines is 1. The van der Waals surface area contributed by atoms with Crippen LogP contribution in [0, 0.1) is 5.92 Å². The van der Waals surface area contributed by atoms with Crippen molar-refractivity contribution in [1.29, 1.82) is 0 Å². The number of hydrogen-bond donors (Lipinski definition) is 2. The Morgan fingerprint density at radius 2 is 2.08 bits per heavy atom. The van der Waals surface area contributed by atoms with Gasteiger partial charge in [0.2, 0.25) is 11.8 Å². The van der Waals surface area contributed by atoms with Crippen LogP contribution in [0.15, 0.2) is 12.3 Å². The van der Waals surface area contributed by atoms with Gasteiger partial charge >= 0.3 is 0 Å². The van der Waals surface area contributed by atoms with Gasteiger partial charge in [0, 0.05) is 37.8 Å². The van der Waals surface area contributed by atoms with Crippen LogP contribution in [0.3, 0.4) is 0 Å². The summed E-state index contributed by atoms with van der Waals surface area (Å²) in [5.41, 5.74) is 6.00. The summed E-state index contributed by atoms with van der Waals surface area (Å²) < 4.78 is 6.79. The van der Waals surface area contributed by atoms with Crippen LogP contribution in [0.4, 0.5) is 5.82 Å². The lowest BCUT2D eigenvalue weighted by Gasteiger charge is -2.26. The lowest BCUT2D eigenvalue weighted by atomic mass is 10.00. The Hall–Kier alpha value is -1.64. The number of halogens is 1. The lowest BCUT2D eigenvalue weighted by molar-refractivity contribution is -0.136. The molecule has 2 amide bonds. The number of amides is 2. The summed E-state index contributed by atoms with van der Waals surface area (Å²) in [7, 11) is 0. The first-order valence-corrected chi connectivity index (χ1v) is 8.56. The Morgan fingerprint density at radius 1 is 1.32 bits per heavy atom. The molecule has 1 aromatic rings. The molecular formula is C16H26ClN5O3. The van der Waals surface area contributed by atoms with Gasteiger partial charge in [0.15, 0.2) is 5.82 Å². The highest BCUT2D eigenvalue weighted by Crippen LogP contribution is 2.27. The predicted molar refractivity (Wildman–Crippen MR) is 95.4 cm³/mol. The monoisotopic (exact) mass is 371 g/mol. The van der Waals surface area contributed by atoms with Crippen molar-refractivity contribution in [3.05, 3.63) is 12.3 Å². The van der Waals surface area contributed by atoms with E-state index in [1.54, 1.807) is 21.8 Å². The first-order chi connectivity index (χ1) is 11.6. The maximum Gasteiger partial charge on any atom is 0.244 e. The van der Waals surface area contributed by atoms with Crippen LogP contribution in [0.5, 0.6) is 0 Å². The van der Waals surface area contributed by atoms with Gasteiger partial charge in [-0.05, 0) is 18.8 Å². The van der Waals surface area contributed by atoms with Crippen molar-refractivity contribution in [3.8, 4) is 0 Å². The zero-order chi connectivity index (χ0) is 16.9. The third-order valence-corrected chi connectivity index (χ3v) is 4.73. The minimum atomic E-state index is -0.0675. The molecule has 8 nitrogen and oxygen atoms in total. The van der Waals surface area contributed by atoms with Gasteiger partial charge in [0.05, 0.1) is 13.2 Å². The van der Waals surface area contributed by atoms with Crippen LogP contribution in [0.2, 0.25) is 0 Å². The standard InChI is InChI=1S/C16H25N5O3.ClH/c17-13-3-1-2-12(13)10-15(22)18-14-4-5-21(19-14)11-16(23)20-6-8-24-9-7-20;/h4-5,12-13H,1-3,6-11,17H2,(H,18,19,22);1H/t12-,13+;/m0./s1. The Balaban J connectivity index is 0.00000225. The van der Waals surface area contributed by atoms with Crippen LogP contribution in [-0.4, -0.2) is 58.8 Å². The molecule has 0 radical (unpaired) electrons. The Bertz CT molecular complexity index is 588. The number of ether oxygens (including phenoxy) is 1. The summed E-state index contributed by atoms with van der Waals surface area (Å²) in [6.45, 7) is 2.56. The molecule has 9 heteroatoms. The van der Waals surface area contributed by atoms with Crippen molar-refractivity contribution in [2.24, 2.45) is 11.7 Å². The second kappa shape index (κ2) is 9.17. The maximum absolute atomic E-state index is 12.2. The Kier molecular flexibility index (Phi) is 7.22. The van der Waals surface area contributed by atoms with E-state index in [0.29, 0.717) is 38.5 Å². The van der Waals surface area contributed by atoms with Crippen molar-refractivity contribution in [2.75, 3.05) is 31.6 Å². The van der Waals surface area contributed by atoms with Gasteiger partial charge in [-0.15, -0.1) is 12.4 Å². The van der Waals surface area contributed by atoms with Crippen LogP contribution < -0.4 is 11.1 Å². The largest absolute Gasteiger partial charge is 0.378 e. The molecule has 3 N–H and O–H groups in total. The normalized spacial score (nSPS) is 23.2. The molecule has 1 aliphatic heterocycles. The minimum absolute atomic E-state index is 0. The van der Waals surface area contributed by atoms with E-state index in [9.17, 15) is 9.59 Å². The molecule has 25 heavy (non-hydrogen) atoms. The molecule has 2 atom stereocenters. The van der Waals surface area contributed by atoms with Gasteiger partial charge in [-0.2, -0.15) is 5.10 Å². The number of carbonyl (C=O) groups is 2. The lowest BCUT2D eigenvalue weighted by Crippen LogP contribution is -2.42. The van der Waals surface area contributed by atoms with E-state index in [1.807, 2.05) is 0 Å². The molecule has 0 bridgehead atoms. The average Bonchev–Trinajstić information content (AvgIpc) is 3.18. The fourth-order valence-corrected chi connectivity index (χ4v) is 3.32. The molecule has 2 fully saturated rings. The number of rotatable bonds is 5. The second-order valence-corrected chi connectivity index (χ2v) is 6.50. The second-order valence-electron chi connectivity index (χ2n) is 6.50. The van der Waals surface area contributed by atoms with Crippen LogP contribution in [-0.2, 0) is 20.9 Å². The number of nitrogens with two attached hydrogens (primary N) is 1. The molecule has 2 aliphatic rings. The fraction of sp³-hybridized carbons (Fsp3) is 0.688. The summed E-state index contributed by atoms with van der Waals surface area (Å²) in [5, 5.41) is 7.04. The van der Waals surface area contributed by atoms with Crippen molar-refractivity contribution in [1.82, 2.24) is 14.7 Å². The number of carbonyl (C=O) groups excluding carboxylic acids is 2. The molecule has 0 unspecified atom stereocenters. The zero-order valence-electron chi connectivity index (χ0n) is 14.2. The van der Waals surface area contributed by atoms with E-state index >= 15 is 0 Å². The highest BCUT2D eigenvalue weighted by Gasteiger charge is 2.26. The van der Waals surface area contributed by atoms with Crippen molar-refractivity contribution >= 4 is 30.0 Å². The molecule has 0 aromatic carbocycles. The van der Waals surface area contributed by atoms with E-state index in [2.05, 4.69) is 10.4 Å². The summed E-state index contributed by atoms with van der Waals surface area (Å²) in [4.78, 5) is 26.0. The van der Waals surface area contributed by atoms with E-state index < -0.39 is 0 Å². The quantitative estimate of drug-likeness (QED) is 0.789. The molecule has 3 rings (SSSR count). The number of morpholine rings is 1. The van der Waals surface area contributed by atoms with E-state index in [1.165, 1.54) is 0 Å². The first-order valence-electron chi connectivity index (χ1n) is 8.56. The van der Waals surface area contributed by atoms with Gasteiger partial charge in [-0.25, -0.2) is 0 Å². The number of nitrogens with zero attached hydrogens (tertiary/aromatic N) is 3. The minimum Gasteiger partial charge on any atom is -0.378 e. The van der Waals surface area contributed by atoms with Crippen molar-refractivity contribution in [2.45, 2.75) is 38.3 Å². The molecule has 1 saturated heterocycles. The first kappa shape index (κ1) is 19.7. The van der Waals surface area contributed by atoms with Crippen molar-refractivity contribution in [3.63, 3.8) is 0 Å². The highest BCUT2D eigenvalue weighted by atomic mass is 35.5. The van der Waals surface area contributed by atoms with Crippen molar-refractivity contribution < 1.29 is 14.3 Å². The van der Waals surface area contributed by atoms with Gasteiger partial charge in [0.1, 0.15) is 6.54 Å². The van der Waals surface area contributed by atoms with Crippen LogP contribution in [0.1, 0.15) is 25.7 Å². The summed E-state index contributed by atoms with van der Waals surface area (Å²) in [6, 6.07) is 1.83. The van der Waals surface area contributed by atoms with E-state index in [4.69, 9.17) is 10.5 Å². The molecule has 1 aromatic heterocycles. The number of aromatic nitrogens is 2. The van der Waals surface area contributed by atoms with Gasteiger partial charge in [-0.1, -0.05) is 6.42 Å². The number of hydrogen-bond acceptors (Lipinski definition) is 5. The Labute approximate surface area is 153 Å². The average molecular weight is 372 g/mol. The third kappa shape index (κ3) is 5.42. The molecule has 0 spiro atoms. The molecular weight excluding hydrogens is 346 g/mol. The molecule has 1 aliphatic carbocycles. The predicted octanol–water partition coefficient (Wildman–Crippen LogP) is 0.620. The topological polar surface area (TPSA) is 102 Å². The SMILES string of the molecule is Cl.N[C@@H]1CCC[C@H]1CC(=O)Nc1ccn(CC(=O)N2CCOCC2)n1. The van der Waals surface area contributed by atoms with Gasteiger partial charge in [0.25, 0.3) is 0 Å². The summed E-state index contributed by atoms with van der Waals surface area (Å²) in [6.07, 6.45) is 5.24. The Morgan fingerprint density at radius 3 is 2.76 bits per heavy atom. The van der Waals surface area contributed by atoms with Gasteiger partial charge in [-0.3, -0.25) is 14.3 Å². The molecule has 2 heterocycles. The highest BCUT2D eigenvalue weighted by molar-refractivity contribution is 5.89.